The molecule has 6 heteroatoms. The van der Waals surface area contributed by atoms with E-state index in [-0.39, 0.29) is 24.8 Å². The third kappa shape index (κ3) is 4.48. The highest BCUT2D eigenvalue weighted by molar-refractivity contribution is 5.81. The van der Waals surface area contributed by atoms with E-state index < -0.39 is 18.1 Å². The van der Waals surface area contributed by atoms with E-state index in [1.54, 1.807) is 0 Å². The average Bonchev–Trinajstić information content (AvgIpc) is 2.28. The molecular weight excluding hydrogens is 245 g/mol. The van der Waals surface area contributed by atoms with Crippen molar-refractivity contribution in [3.8, 4) is 0 Å². The normalized spacial score (nSPS) is 26.7. The van der Waals surface area contributed by atoms with Crippen LogP contribution < -0.4 is 11.1 Å². The summed E-state index contributed by atoms with van der Waals surface area (Å²) in [4.78, 5) is 11.6. The highest BCUT2D eigenvalue weighted by Gasteiger charge is 2.42. The molecule has 2 unspecified atom stereocenters. The average molecular weight is 266 g/mol. The lowest BCUT2D eigenvalue weighted by Gasteiger charge is -2.31. The molecule has 0 aromatic heterocycles. The minimum absolute atomic E-state index is 0.0198. The number of rotatable bonds is 4. The molecule has 3 atom stereocenters. The number of carbonyl (C=O) groups excluding carboxylic acids is 1. The van der Waals surface area contributed by atoms with Gasteiger partial charge in [-0.3, -0.25) is 4.79 Å². The van der Waals surface area contributed by atoms with Gasteiger partial charge in [0.1, 0.15) is 0 Å². The summed E-state index contributed by atoms with van der Waals surface area (Å²) in [6.45, 7) is 1.91. The fraction of sp³-hybridized carbons (Fsp3) is 0.917. The number of hydrogen-bond donors (Lipinski definition) is 2. The maximum absolute atomic E-state index is 12.6. The van der Waals surface area contributed by atoms with Crippen LogP contribution in [0.2, 0.25) is 0 Å². The van der Waals surface area contributed by atoms with Crippen LogP contribution in [0.5, 0.6) is 0 Å². The van der Waals surface area contributed by atoms with Crippen molar-refractivity contribution in [1.82, 2.24) is 5.32 Å². The van der Waals surface area contributed by atoms with Crippen LogP contribution in [0.4, 0.5) is 13.2 Å². The summed E-state index contributed by atoms with van der Waals surface area (Å²) in [5, 5.41) is 2.64. The molecule has 0 spiro atoms. The van der Waals surface area contributed by atoms with E-state index in [2.05, 4.69) is 5.32 Å². The van der Waals surface area contributed by atoms with Gasteiger partial charge in [0, 0.05) is 6.04 Å². The SMILES string of the molecule is CCC[C@@H](N)C(=O)NC1CCCC(C(F)(F)F)C1. The summed E-state index contributed by atoms with van der Waals surface area (Å²) in [6, 6.07) is -0.998. The van der Waals surface area contributed by atoms with E-state index in [0.717, 1.165) is 6.42 Å². The van der Waals surface area contributed by atoms with Crippen LogP contribution >= 0.6 is 0 Å². The quantitative estimate of drug-likeness (QED) is 0.820. The molecule has 0 aromatic carbocycles. The lowest BCUT2D eigenvalue weighted by atomic mass is 9.85. The smallest absolute Gasteiger partial charge is 0.352 e. The predicted molar refractivity (Wildman–Crippen MR) is 62.8 cm³/mol. The van der Waals surface area contributed by atoms with E-state index >= 15 is 0 Å². The Kier molecular flexibility index (Phi) is 5.44. The van der Waals surface area contributed by atoms with Gasteiger partial charge in [-0.05, 0) is 25.7 Å². The van der Waals surface area contributed by atoms with Gasteiger partial charge in [0.25, 0.3) is 0 Å². The Balaban J connectivity index is 2.45. The van der Waals surface area contributed by atoms with Crippen LogP contribution in [0.1, 0.15) is 45.4 Å². The van der Waals surface area contributed by atoms with Crippen LogP contribution in [0.3, 0.4) is 0 Å². The summed E-state index contributed by atoms with van der Waals surface area (Å²) >= 11 is 0. The molecule has 1 fully saturated rings. The van der Waals surface area contributed by atoms with Crippen LogP contribution in [-0.4, -0.2) is 24.2 Å². The number of halogens is 3. The van der Waals surface area contributed by atoms with E-state index in [9.17, 15) is 18.0 Å². The minimum atomic E-state index is -4.16. The number of alkyl halides is 3. The van der Waals surface area contributed by atoms with E-state index in [0.29, 0.717) is 19.3 Å². The van der Waals surface area contributed by atoms with Crippen LogP contribution in [0.15, 0.2) is 0 Å². The van der Waals surface area contributed by atoms with Gasteiger partial charge >= 0.3 is 6.18 Å². The number of nitrogens with one attached hydrogen (secondary N) is 1. The van der Waals surface area contributed by atoms with Crippen molar-refractivity contribution in [2.45, 2.75) is 63.7 Å². The van der Waals surface area contributed by atoms with Crippen molar-refractivity contribution in [3.05, 3.63) is 0 Å². The maximum atomic E-state index is 12.6. The van der Waals surface area contributed by atoms with Gasteiger partial charge in [-0.1, -0.05) is 19.8 Å². The molecule has 18 heavy (non-hydrogen) atoms. The Hall–Kier alpha value is -0.780. The van der Waals surface area contributed by atoms with Crippen molar-refractivity contribution in [1.29, 1.82) is 0 Å². The fourth-order valence-corrected chi connectivity index (χ4v) is 2.37. The van der Waals surface area contributed by atoms with Gasteiger partial charge in [-0.15, -0.1) is 0 Å². The second-order valence-electron chi connectivity index (χ2n) is 5.01. The zero-order chi connectivity index (χ0) is 13.8. The molecule has 1 aliphatic rings. The molecule has 0 saturated heterocycles. The minimum Gasteiger partial charge on any atom is -0.352 e. The highest BCUT2D eigenvalue weighted by Crippen LogP contribution is 2.37. The molecule has 1 aliphatic carbocycles. The summed E-state index contributed by atoms with van der Waals surface area (Å²) in [5.74, 6) is -1.62. The van der Waals surface area contributed by atoms with E-state index in [1.165, 1.54) is 0 Å². The second-order valence-corrected chi connectivity index (χ2v) is 5.01. The molecule has 0 aromatic rings. The van der Waals surface area contributed by atoms with Crippen LogP contribution in [-0.2, 0) is 4.79 Å². The first-order valence-corrected chi connectivity index (χ1v) is 6.47. The van der Waals surface area contributed by atoms with Crippen molar-refractivity contribution >= 4 is 5.91 Å². The van der Waals surface area contributed by atoms with Crippen molar-refractivity contribution in [3.63, 3.8) is 0 Å². The van der Waals surface area contributed by atoms with Crippen LogP contribution in [0.25, 0.3) is 0 Å². The highest BCUT2D eigenvalue weighted by atomic mass is 19.4. The summed E-state index contributed by atoms with van der Waals surface area (Å²) in [5.41, 5.74) is 5.63. The molecule has 1 amide bonds. The third-order valence-corrected chi connectivity index (χ3v) is 3.42. The Morgan fingerprint density at radius 3 is 2.67 bits per heavy atom. The third-order valence-electron chi connectivity index (χ3n) is 3.42. The van der Waals surface area contributed by atoms with Gasteiger partial charge in [-0.2, -0.15) is 13.2 Å². The summed E-state index contributed by atoms with van der Waals surface area (Å²) < 4.78 is 37.8. The summed E-state index contributed by atoms with van der Waals surface area (Å²) in [6.07, 6.45) is -1.57. The van der Waals surface area contributed by atoms with Gasteiger partial charge in [0.05, 0.1) is 12.0 Å². The number of amides is 1. The maximum Gasteiger partial charge on any atom is 0.391 e. The van der Waals surface area contributed by atoms with Crippen molar-refractivity contribution in [2.24, 2.45) is 11.7 Å². The monoisotopic (exact) mass is 266 g/mol. The standard InChI is InChI=1S/C12H21F3N2O/c1-2-4-10(16)11(18)17-9-6-3-5-8(7-9)12(13,14)15/h8-10H,2-7,16H2,1H3,(H,17,18)/t8?,9?,10-/m1/s1. The zero-order valence-electron chi connectivity index (χ0n) is 10.6. The molecular formula is C12H21F3N2O. The second kappa shape index (κ2) is 6.41. The Labute approximate surface area is 105 Å². The van der Waals surface area contributed by atoms with E-state index in [1.807, 2.05) is 6.92 Å². The molecule has 0 heterocycles. The molecule has 3 nitrogen and oxygen atoms in total. The molecule has 0 bridgehead atoms. The Morgan fingerprint density at radius 1 is 1.44 bits per heavy atom. The molecule has 0 radical (unpaired) electrons. The Bertz CT molecular complexity index is 281. The van der Waals surface area contributed by atoms with E-state index in [4.69, 9.17) is 5.73 Å². The predicted octanol–water partition coefficient (Wildman–Crippen LogP) is 2.35. The molecule has 106 valence electrons. The molecule has 0 aliphatic heterocycles. The fourth-order valence-electron chi connectivity index (χ4n) is 2.37. The topological polar surface area (TPSA) is 55.1 Å². The van der Waals surface area contributed by atoms with Gasteiger partial charge in [0.15, 0.2) is 0 Å². The van der Waals surface area contributed by atoms with Gasteiger partial charge in [-0.25, -0.2) is 0 Å². The summed E-state index contributed by atoms with van der Waals surface area (Å²) in [7, 11) is 0. The molecule has 1 rings (SSSR count). The van der Waals surface area contributed by atoms with Crippen molar-refractivity contribution in [2.75, 3.05) is 0 Å². The molecule has 3 N–H and O–H groups in total. The first-order chi connectivity index (χ1) is 8.34. The number of hydrogen-bond acceptors (Lipinski definition) is 2. The largest absolute Gasteiger partial charge is 0.391 e. The first kappa shape index (κ1) is 15.3. The van der Waals surface area contributed by atoms with Crippen molar-refractivity contribution < 1.29 is 18.0 Å². The van der Waals surface area contributed by atoms with Gasteiger partial charge < -0.3 is 11.1 Å². The number of carbonyl (C=O) groups is 1. The first-order valence-electron chi connectivity index (χ1n) is 6.47. The lowest BCUT2D eigenvalue weighted by molar-refractivity contribution is -0.184. The van der Waals surface area contributed by atoms with Crippen LogP contribution in [0, 0.1) is 5.92 Å². The Morgan fingerprint density at radius 2 is 2.11 bits per heavy atom. The molecule has 1 saturated carbocycles. The zero-order valence-corrected chi connectivity index (χ0v) is 10.6. The number of nitrogens with two attached hydrogens (primary N) is 1. The van der Waals surface area contributed by atoms with Gasteiger partial charge in [0.2, 0.25) is 5.91 Å². The lowest BCUT2D eigenvalue weighted by Crippen LogP contribution is -2.48.